The maximum atomic E-state index is 4.09. The molecule has 1 aromatic heterocycles. The molecule has 0 atom stereocenters. The Hall–Kier alpha value is -2.29. The quantitative estimate of drug-likeness (QED) is 0.742. The average Bonchev–Trinajstić information content (AvgIpc) is 2.93. The van der Waals surface area contributed by atoms with E-state index in [1.807, 2.05) is 18.3 Å². The van der Waals surface area contributed by atoms with Gasteiger partial charge in [-0.1, -0.05) is 51.1 Å². The van der Waals surface area contributed by atoms with Crippen LogP contribution in [0.2, 0.25) is 0 Å². The van der Waals surface area contributed by atoms with E-state index in [4.69, 9.17) is 0 Å². The second-order valence-corrected chi connectivity index (χ2v) is 6.44. The van der Waals surface area contributed by atoms with Crippen molar-refractivity contribution in [2.45, 2.75) is 32.7 Å². The second-order valence-electron chi connectivity index (χ2n) is 6.44. The molecule has 0 spiro atoms. The number of nitrogens with one attached hydrogen (secondary N) is 2. The van der Waals surface area contributed by atoms with Gasteiger partial charge in [-0.2, -0.15) is 5.10 Å². The number of H-pyrrole nitrogens is 1. The van der Waals surface area contributed by atoms with Crippen LogP contribution in [0, 0.1) is 0 Å². The Bertz CT molecular complexity index is 733. The number of benzene rings is 2. The summed E-state index contributed by atoms with van der Waals surface area (Å²) in [6, 6.07) is 15.0. The van der Waals surface area contributed by atoms with Crippen LogP contribution in [0.4, 0.5) is 5.69 Å². The lowest BCUT2D eigenvalue weighted by molar-refractivity contribution is 0.590. The van der Waals surface area contributed by atoms with Crippen LogP contribution in [0.1, 0.15) is 31.9 Å². The van der Waals surface area contributed by atoms with Crippen LogP contribution in [0.5, 0.6) is 0 Å². The molecule has 0 aliphatic heterocycles. The second kappa shape index (κ2) is 5.24. The molecule has 0 radical (unpaired) electrons. The van der Waals surface area contributed by atoms with E-state index in [0.717, 1.165) is 23.1 Å². The van der Waals surface area contributed by atoms with Crippen molar-refractivity contribution in [1.29, 1.82) is 0 Å². The number of aromatic nitrogens is 2. The van der Waals surface area contributed by atoms with Crippen molar-refractivity contribution in [3.05, 3.63) is 59.8 Å². The van der Waals surface area contributed by atoms with Gasteiger partial charge in [0.2, 0.25) is 0 Å². The van der Waals surface area contributed by atoms with Crippen molar-refractivity contribution in [3.63, 3.8) is 0 Å². The standard InChI is InChI=1S/C18H21N3/c1-18(2,3)14-9-7-13(8-10-14)11-19-16-5-4-6-17-15(16)12-20-21-17/h4-10,12,19H,11H2,1-3H3,(H,20,21). The zero-order valence-corrected chi connectivity index (χ0v) is 12.8. The number of nitrogens with zero attached hydrogens (tertiary/aromatic N) is 1. The minimum absolute atomic E-state index is 0.203. The molecule has 2 N–H and O–H groups in total. The summed E-state index contributed by atoms with van der Waals surface area (Å²) in [6.45, 7) is 7.52. The van der Waals surface area contributed by atoms with Crippen LogP contribution in [0.15, 0.2) is 48.7 Å². The lowest BCUT2D eigenvalue weighted by atomic mass is 9.87. The fourth-order valence-corrected chi connectivity index (χ4v) is 2.44. The van der Waals surface area contributed by atoms with Crippen molar-refractivity contribution < 1.29 is 0 Å². The first-order valence-electron chi connectivity index (χ1n) is 7.29. The van der Waals surface area contributed by atoms with Crippen molar-refractivity contribution in [2.24, 2.45) is 0 Å². The number of anilines is 1. The summed E-state index contributed by atoms with van der Waals surface area (Å²) in [6.07, 6.45) is 1.86. The highest BCUT2D eigenvalue weighted by Crippen LogP contribution is 2.24. The van der Waals surface area contributed by atoms with E-state index < -0.39 is 0 Å². The minimum Gasteiger partial charge on any atom is -0.380 e. The van der Waals surface area contributed by atoms with Gasteiger partial charge in [-0.15, -0.1) is 0 Å². The third-order valence-corrected chi connectivity index (χ3v) is 3.79. The molecule has 0 fully saturated rings. The summed E-state index contributed by atoms with van der Waals surface area (Å²) >= 11 is 0. The molecule has 3 rings (SSSR count). The normalized spacial score (nSPS) is 11.8. The van der Waals surface area contributed by atoms with Crippen LogP contribution >= 0.6 is 0 Å². The average molecular weight is 279 g/mol. The van der Waals surface area contributed by atoms with Gasteiger partial charge in [0, 0.05) is 17.6 Å². The Labute approximate surface area is 125 Å². The van der Waals surface area contributed by atoms with E-state index in [2.05, 4.69) is 66.6 Å². The van der Waals surface area contributed by atoms with Crippen molar-refractivity contribution in [2.75, 3.05) is 5.32 Å². The van der Waals surface area contributed by atoms with Crippen LogP contribution < -0.4 is 5.32 Å². The third-order valence-electron chi connectivity index (χ3n) is 3.79. The SMILES string of the molecule is CC(C)(C)c1ccc(CNc2cccc3[nH]ncc23)cc1. The first-order chi connectivity index (χ1) is 10.0. The Morgan fingerprint density at radius 2 is 1.81 bits per heavy atom. The third kappa shape index (κ3) is 2.92. The summed E-state index contributed by atoms with van der Waals surface area (Å²) in [5, 5.41) is 11.7. The molecule has 0 aliphatic carbocycles. The van der Waals surface area contributed by atoms with Gasteiger partial charge in [0.25, 0.3) is 0 Å². The molecule has 0 unspecified atom stereocenters. The fourth-order valence-electron chi connectivity index (χ4n) is 2.44. The molecule has 3 nitrogen and oxygen atoms in total. The molecule has 2 aromatic carbocycles. The molecule has 108 valence electrons. The molecule has 0 aliphatic rings. The van der Waals surface area contributed by atoms with Crippen molar-refractivity contribution in [3.8, 4) is 0 Å². The number of aromatic amines is 1. The number of rotatable bonds is 3. The van der Waals surface area contributed by atoms with E-state index in [9.17, 15) is 0 Å². The molecular formula is C18H21N3. The van der Waals surface area contributed by atoms with E-state index in [0.29, 0.717) is 0 Å². The van der Waals surface area contributed by atoms with Gasteiger partial charge in [0.05, 0.1) is 11.7 Å². The minimum atomic E-state index is 0.203. The van der Waals surface area contributed by atoms with E-state index in [1.54, 1.807) is 0 Å². The predicted molar refractivity (Wildman–Crippen MR) is 88.6 cm³/mol. The van der Waals surface area contributed by atoms with Gasteiger partial charge >= 0.3 is 0 Å². The van der Waals surface area contributed by atoms with Gasteiger partial charge in [-0.05, 0) is 28.7 Å². The summed E-state index contributed by atoms with van der Waals surface area (Å²) in [5.41, 5.74) is 5.02. The topological polar surface area (TPSA) is 40.7 Å². The van der Waals surface area contributed by atoms with Gasteiger partial charge in [-0.25, -0.2) is 0 Å². The number of hydrogen-bond acceptors (Lipinski definition) is 2. The monoisotopic (exact) mass is 279 g/mol. The molecule has 3 heteroatoms. The van der Waals surface area contributed by atoms with E-state index >= 15 is 0 Å². The van der Waals surface area contributed by atoms with Gasteiger partial charge in [-0.3, -0.25) is 5.10 Å². The van der Waals surface area contributed by atoms with E-state index in [-0.39, 0.29) is 5.41 Å². The predicted octanol–water partition coefficient (Wildman–Crippen LogP) is 4.47. The zero-order chi connectivity index (χ0) is 14.9. The van der Waals surface area contributed by atoms with Gasteiger partial charge in [0.15, 0.2) is 0 Å². The molecule has 0 amide bonds. The summed E-state index contributed by atoms with van der Waals surface area (Å²) < 4.78 is 0. The smallest absolute Gasteiger partial charge is 0.0671 e. The maximum Gasteiger partial charge on any atom is 0.0671 e. The lowest BCUT2D eigenvalue weighted by Crippen LogP contribution is -2.11. The van der Waals surface area contributed by atoms with Crippen LogP contribution in [-0.2, 0) is 12.0 Å². The Balaban J connectivity index is 1.74. The Kier molecular flexibility index (Phi) is 3.42. The van der Waals surface area contributed by atoms with Crippen LogP contribution in [-0.4, -0.2) is 10.2 Å². The first kappa shape index (κ1) is 13.7. The summed E-state index contributed by atoms with van der Waals surface area (Å²) in [7, 11) is 0. The molecule has 21 heavy (non-hydrogen) atoms. The Morgan fingerprint density at radius 1 is 1.05 bits per heavy atom. The lowest BCUT2D eigenvalue weighted by Gasteiger charge is -2.19. The maximum absolute atomic E-state index is 4.09. The molecule has 0 saturated carbocycles. The largest absolute Gasteiger partial charge is 0.380 e. The van der Waals surface area contributed by atoms with Gasteiger partial charge < -0.3 is 5.32 Å². The molecule has 0 bridgehead atoms. The highest BCUT2D eigenvalue weighted by molar-refractivity contribution is 5.90. The number of fused-ring (bicyclic) bond motifs is 1. The summed E-state index contributed by atoms with van der Waals surface area (Å²) in [5.74, 6) is 0. The fraction of sp³-hybridized carbons (Fsp3) is 0.278. The molecule has 1 heterocycles. The van der Waals surface area contributed by atoms with Crippen LogP contribution in [0.25, 0.3) is 10.9 Å². The highest BCUT2D eigenvalue weighted by Gasteiger charge is 2.12. The molecular weight excluding hydrogens is 258 g/mol. The molecule has 3 aromatic rings. The Morgan fingerprint density at radius 3 is 2.52 bits per heavy atom. The zero-order valence-electron chi connectivity index (χ0n) is 12.8. The van der Waals surface area contributed by atoms with E-state index in [1.165, 1.54) is 11.1 Å². The van der Waals surface area contributed by atoms with Crippen LogP contribution in [0.3, 0.4) is 0 Å². The van der Waals surface area contributed by atoms with Crippen molar-refractivity contribution in [1.82, 2.24) is 10.2 Å². The first-order valence-corrected chi connectivity index (χ1v) is 7.29. The van der Waals surface area contributed by atoms with Gasteiger partial charge in [0.1, 0.15) is 0 Å². The number of hydrogen-bond donors (Lipinski definition) is 2. The highest BCUT2D eigenvalue weighted by atomic mass is 15.1. The van der Waals surface area contributed by atoms with Crippen molar-refractivity contribution >= 4 is 16.6 Å². The summed E-state index contributed by atoms with van der Waals surface area (Å²) in [4.78, 5) is 0. The molecule has 0 saturated heterocycles.